The van der Waals surface area contributed by atoms with Crippen LogP contribution in [0.15, 0.2) is 0 Å². The van der Waals surface area contributed by atoms with Gasteiger partial charge in [0.15, 0.2) is 0 Å². The number of hydrogen-bond acceptors (Lipinski definition) is 19. The van der Waals surface area contributed by atoms with E-state index in [0.29, 0.717) is 83.7 Å². The van der Waals surface area contributed by atoms with Gasteiger partial charge in [-0.15, -0.1) is 0 Å². The van der Waals surface area contributed by atoms with Gasteiger partial charge in [-0.1, -0.05) is 88.5 Å². The van der Waals surface area contributed by atoms with Gasteiger partial charge < -0.3 is 104 Å². The van der Waals surface area contributed by atoms with Crippen molar-refractivity contribution in [3.63, 3.8) is 0 Å². The van der Waals surface area contributed by atoms with E-state index in [1.165, 1.54) is 27.7 Å². The second-order valence-electron chi connectivity index (χ2n) is 27.4. The minimum absolute atomic E-state index is 0.0208. The van der Waals surface area contributed by atoms with Crippen LogP contribution in [0.4, 0.5) is 0 Å². The molecule has 0 aliphatic carbocycles. The van der Waals surface area contributed by atoms with Gasteiger partial charge in [-0.25, -0.2) is 0 Å². The average Bonchev–Trinajstić information content (AvgIpc) is 0.870. The zero-order chi connectivity index (χ0) is 76.5. The van der Waals surface area contributed by atoms with Crippen molar-refractivity contribution in [2.75, 3.05) is 32.7 Å². The molecule has 0 saturated heterocycles. The van der Waals surface area contributed by atoms with Crippen LogP contribution in [-0.2, 0) is 67.1 Å². The van der Waals surface area contributed by atoms with E-state index in [1.54, 1.807) is 34.6 Å². The van der Waals surface area contributed by atoms with E-state index in [9.17, 15) is 67.1 Å². The Hall–Kier alpha value is -7.62. The Bertz CT molecular complexity index is 2620. The highest BCUT2D eigenvalue weighted by Gasteiger charge is 2.37. The Morgan fingerprint density at radius 1 is 0.310 bits per heavy atom. The molecule has 0 heterocycles. The van der Waals surface area contributed by atoms with Crippen molar-refractivity contribution in [3.8, 4) is 0 Å². The molecule has 0 fully saturated rings. The lowest BCUT2D eigenvalue weighted by Gasteiger charge is -2.29. The van der Waals surface area contributed by atoms with Crippen LogP contribution in [0.1, 0.15) is 200 Å². The molecule has 0 aromatic heterocycles. The molecular weight excluding hydrogens is 1290 g/mol. The average molecular weight is 1420 g/mol. The largest absolute Gasteiger partial charge is 0.368 e. The first kappa shape index (κ1) is 92.4. The number of amides is 14. The summed E-state index contributed by atoms with van der Waals surface area (Å²) in [4.78, 5) is 190. The first-order valence-corrected chi connectivity index (χ1v) is 35.7. The van der Waals surface area contributed by atoms with Gasteiger partial charge >= 0.3 is 0 Å². The van der Waals surface area contributed by atoms with Crippen LogP contribution in [0.5, 0.6) is 0 Å². The van der Waals surface area contributed by atoms with Crippen LogP contribution in [0, 0.1) is 29.6 Å². The quantitative estimate of drug-likeness (QED) is 0.0273. The third-order valence-electron chi connectivity index (χ3n) is 17.0. The normalized spacial score (nSPS) is 15.9. The predicted molar refractivity (Wildman–Crippen MR) is 380 cm³/mol. The summed E-state index contributed by atoms with van der Waals surface area (Å²) in [5.74, 6) is -11.8. The minimum Gasteiger partial charge on any atom is -0.368 e. The Morgan fingerprint density at radius 2 is 0.610 bits per heavy atom. The summed E-state index contributed by atoms with van der Waals surface area (Å²) in [7, 11) is 0. The van der Waals surface area contributed by atoms with E-state index >= 15 is 0 Å². The van der Waals surface area contributed by atoms with Crippen LogP contribution in [-0.4, -0.2) is 194 Å². The number of unbranched alkanes of at least 4 members (excludes halogenated alkanes) is 4. The van der Waals surface area contributed by atoms with Crippen molar-refractivity contribution in [1.82, 2.24) is 69.1 Å². The maximum absolute atomic E-state index is 14.2. The molecule has 14 amide bonds. The number of primary amides is 1. The van der Waals surface area contributed by atoms with Crippen LogP contribution < -0.4 is 104 Å². The molecule has 574 valence electrons. The van der Waals surface area contributed by atoms with Crippen LogP contribution in [0.2, 0.25) is 0 Å². The zero-order valence-electron chi connectivity index (χ0n) is 61.9. The zero-order valence-corrected chi connectivity index (χ0v) is 61.9. The molecule has 0 aromatic carbocycles. The molecule has 100 heavy (non-hydrogen) atoms. The lowest BCUT2D eigenvalue weighted by atomic mass is 9.97. The standard InChI is InChI=1S/C67H127N19O14/c1-15-39(9)53(85-60(93)45(72)25-17-21-29-68)66(99)76-41(11)56(89)74-35-51(87)79-46(26-18-22-30-69)62(95)86-54(40(10)16-2)67(100)78-43(13)57(90)80-48(28-20-24-32-71)63(96)84-52(38(7)8)65(98)77-44(14)59(92)83-50(34-37(5)6)64(97)81-47(27-19-23-31-70)61(94)75-42(12)58(91)82-49(55(73)88)33-36(3)4/h36-50,52-54H,15-35,68-72H2,1-14H3,(H2,73,88)(H,74,89)(H,75,94)(H,76,99)(H,77,98)(H,78,100)(H,79,87)(H,80,90)(H,81,97)(H,82,91)(H,83,92)(H,84,96)(H,85,93)(H,86,95)/t39-,40-,41-,42-,43-,44-,45-,46-,47-,48-,49-,50-,52-,53-,54-/m0/s1. The monoisotopic (exact) mass is 1420 g/mol. The molecule has 0 radical (unpaired) electrons. The molecule has 0 rings (SSSR count). The van der Waals surface area contributed by atoms with E-state index < -0.39 is 180 Å². The third-order valence-corrected chi connectivity index (χ3v) is 17.0. The predicted octanol–water partition coefficient (Wildman–Crippen LogP) is -2.83. The van der Waals surface area contributed by atoms with Crippen molar-refractivity contribution in [3.05, 3.63) is 0 Å². The smallest absolute Gasteiger partial charge is 0.243 e. The van der Waals surface area contributed by atoms with Gasteiger partial charge in [0, 0.05) is 0 Å². The van der Waals surface area contributed by atoms with Gasteiger partial charge in [0.05, 0.1) is 12.6 Å². The van der Waals surface area contributed by atoms with E-state index in [1.807, 2.05) is 34.6 Å². The fraction of sp³-hybridized carbons (Fsp3) is 0.791. The van der Waals surface area contributed by atoms with Crippen molar-refractivity contribution < 1.29 is 67.1 Å². The highest BCUT2D eigenvalue weighted by molar-refractivity contribution is 5.99. The fourth-order valence-corrected chi connectivity index (χ4v) is 10.3. The molecule has 0 unspecified atom stereocenters. The summed E-state index contributed by atoms with van der Waals surface area (Å²) >= 11 is 0. The molecule has 0 spiro atoms. The molecule has 0 aromatic rings. The second-order valence-corrected chi connectivity index (χ2v) is 27.4. The van der Waals surface area contributed by atoms with Gasteiger partial charge in [-0.2, -0.15) is 0 Å². The lowest BCUT2D eigenvalue weighted by Crippen LogP contribution is -2.61. The maximum Gasteiger partial charge on any atom is 0.243 e. The van der Waals surface area contributed by atoms with Crippen molar-refractivity contribution in [2.45, 2.75) is 278 Å². The number of nitrogens with one attached hydrogen (secondary N) is 13. The lowest BCUT2D eigenvalue weighted by molar-refractivity contribution is -0.136. The minimum atomic E-state index is -1.31. The van der Waals surface area contributed by atoms with Crippen LogP contribution >= 0.6 is 0 Å². The number of nitrogens with two attached hydrogens (primary N) is 6. The molecule has 33 heteroatoms. The summed E-state index contributed by atoms with van der Waals surface area (Å²) < 4.78 is 0. The van der Waals surface area contributed by atoms with E-state index in [2.05, 4.69) is 69.1 Å². The van der Waals surface area contributed by atoms with Crippen molar-refractivity contribution in [2.24, 2.45) is 64.0 Å². The van der Waals surface area contributed by atoms with Gasteiger partial charge in [0.25, 0.3) is 0 Å². The third kappa shape index (κ3) is 36.1. The summed E-state index contributed by atoms with van der Waals surface area (Å²) in [5, 5.41) is 34.2. The summed E-state index contributed by atoms with van der Waals surface area (Å²) in [6.07, 6.45) is 5.76. The molecule has 15 atom stereocenters. The second kappa shape index (κ2) is 49.8. The van der Waals surface area contributed by atoms with Gasteiger partial charge in [0.2, 0.25) is 82.7 Å². The first-order chi connectivity index (χ1) is 46.9. The molecule has 25 N–H and O–H groups in total. The number of hydrogen-bond donors (Lipinski definition) is 19. The number of carbonyl (C=O) groups is 14. The Morgan fingerprint density at radius 3 is 0.990 bits per heavy atom. The molecule has 0 saturated carbocycles. The first-order valence-electron chi connectivity index (χ1n) is 35.7. The molecule has 0 aliphatic heterocycles. The van der Waals surface area contributed by atoms with Crippen molar-refractivity contribution >= 4 is 82.7 Å². The van der Waals surface area contributed by atoms with E-state index in [0.717, 1.165) is 0 Å². The van der Waals surface area contributed by atoms with Gasteiger partial charge in [-0.3, -0.25) is 67.1 Å². The topological polar surface area (TPSA) is 551 Å². The Balaban J connectivity index is 6.32. The van der Waals surface area contributed by atoms with E-state index in [4.69, 9.17) is 34.4 Å². The molecule has 33 nitrogen and oxygen atoms in total. The maximum atomic E-state index is 14.2. The number of rotatable bonds is 52. The van der Waals surface area contributed by atoms with Crippen molar-refractivity contribution in [1.29, 1.82) is 0 Å². The summed E-state index contributed by atoms with van der Waals surface area (Å²) in [5.41, 5.74) is 34.4. The van der Waals surface area contributed by atoms with Gasteiger partial charge in [0.1, 0.15) is 72.5 Å². The van der Waals surface area contributed by atoms with E-state index in [-0.39, 0.29) is 62.9 Å². The van der Waals surface area contributed by atoms with Gasteiger partial charge in [-0.05, 0) is 167 Å². The Labute approximate surface area is 591 Å². The summed E-state index contributed by atoms with van der Waals surface area (Å²) in [6.45, 7) is 23.9. The highest BCUT2D eigenvalue weighted by atomic mass is 16.2. The molecule has 0 bridgehead atoms. The Kier molecular flexibility index (Phi) is 46.0. The summed E-state index contributed by atoms with van der Waals surface area (Å²) in [6, 6.07) is -15.2. The molecular formula is C67H127N19O14. The van der Waals surface area contributed by atoms with Crippen LogP contribution in [0.25, 0.3) is 0 Å². The fourth-order valence-electron chi connectivity index (χ4n) is 10.3. The number of carbonyl (C=O) groups excluding carboxylic acids is 14. The SMILES string of the molecule is CC[C@H](C)[C@H](NC(=O)[C@H](CCCCN)NC(=O)CNC(=O)[C@H](C)NC(=O)[C@@H](NC(=O)[C@@H](N)CCCCN)[C@@H](C)CC)C(=O)N[C@@H](C)C(=O)N[C@@H](CCCCN)C(=O)N[C@H](C(=O)N[C@@H](C)C(=O)N[C@@H](CC(C)C)C(=O)N[C@@H](CCCCN)C(=O)N[C@@H](C)C(=O)N[C@@H](CC(C)C)C(N)=O)C(C)C. The van der Waals surface area contributed by atoms with Crippen LogP contribution in [0.3, 0.4) is 0 Å². The molecule has 0 aliphatic rings. The highest BCUT2D eigenvalue weighted by Crippen LogP contribution is 2.15.